The van der Waals surface area contributed by atoms with Crippen molar-refractivity contribution in [1.29, 1.82) is 0 Å². The van der Waals surface area contributed by atoms with Gasteiger partial charge in [0.05, 0.1) is 11.9 Å². The van der Waals surface area contributed by atoms with Crippen LogP contribution in [-0.2, 0) is 0 Å². The van der Waals surface area contributed by atoms with Crippen molar-refractivity contribution in [2.24, 2.45) is 5.10 Å². The van der Waals surface area contributed by atoms with Gasteiger partial charge in [-0.25, -0.2) is 0 Å². The molecule has 0 radical (unpaired) electrons. The van der Waals surface area contributed by atoms with Crippen molar-refractivity contribution >= 4 is 23.2 Å². The van der Waals surface area contributed by atoms with Crippen LogP contribution in [0.5, 0.6) is 0 Å². The normalized spacial score (nSPS) is 10.7. The molecule has 3 heteroatoms. The van der Waals surface area contributed by atoms with E-state index >= 15 is 0 Å². The average Bonchev–Trinajstić information content (AvgIpc) is 2.74. The first-order valence-electron chi connectivity index (χ1n) is 4.74. The quantitative estimate of drug-likeness (QED) is 0.616. The summed E-state index contributed by atoms with van der Waals surface area (Å²) < 4.78 is 0. The predicted octanol–water partition coefficient (Wildman–Crippen LogP) is 3.50. The largest absolute Gasteiger partial charge is 0.278 e. The van der Waals surface area contributed by atoms with Gasteiger partial charge in [0, 0.05) is 4.88 Å². The molecular weight excluding hydrogens is 204 g/mol. The molecule has 0 saturated heterocycles. The van der Waals surface area contributed by atoms with E-state index < -0.39 is 0 Å². The molecule has 0 unspecified atom stereocenters. The minimum Gasteiger partial charge on any atom is -0.278 e. The van der Waals surface area contributed by atoms with Crippen LogP contribution in [0.25, 0.3) is 0 Å². The van der Waals surface area contributed by atoms with Gasteiger partial charge in [0.15, 0.2) is 0 Å². The first-order chi connectivity index (χ1) is 7.36. The van der Waals surface area contributed by atoms with Gasteiger partial charge >= 0.3 is 0 Å². The highest BCUT2D eigenvalue weighted by Gasteiger charge is 1.92. The van der Waals surface area contributed by atoms with E-state index in [9.17, 15) is 0 Å². The maximum Gasteiger partial charge on any atom is 0.0644 e. The molecule has 1 aromatic heterocycles. The zero-order valence-electron chi connectivity index (χ0n) is 8.47. The fourth-order valence-corrected chi connectivity index (χ4v) is 1.81. The maximum atomic E-state index is 4.18. The van der Waals surface area contributed by atoms with E-state index in [2.05, 4.69) is 23.5 Å². The van der Waals surface area contributed by atoms with Crippen molar-refractivity contribution < 1.29 is 0 Å². The van der Waals surface area contributed by atoms with Crippen LogP contribution in [0.1, 0.15) is 10.4 Å². The number of aryl methyl sites for hydroxylation is 1. The van der Waals surface area contributed by atoms with Crippen LogP contribution in [0.3, 0.4) is 0 Å². The zero-order chi connectivity index (χ0) is 10.5. The fourth-order valence-electron chi connectivity index (χ4n) is 1.23. The number of hydrazone groups is 1. The molecule has 0 amide bonds. The molecule has 15 heavy (non-hydrogen) atoms. The van der Waals surface area contributed by atoms with Crippen LogP contribution in [-0.4, -0.2) is 6.21 Å². The molecule has 1 N–H and O–H groups in total. The van der Waals surface area contributed by atoms with Crippen molar-refractivity contribution in [3.05, 3.63) is 52.2 Å². The molecule has 0 bridgehead atoms. The van der Waals surface area contributed by atoms with Crippen LogP contribution in [0, 0.1) is 6.92 Å². The summed E-state index contributed by atoms with van der Waals surface area (Å²) in [6.07, 6.45) is 1.83. The Kier molecular flexibility index (Phi) is 3.15. The van der Waals surface area contributed by atoms with Crippen LogP contribution in [0.2, 0.25) is 0 Å². The van der Waals surface area contributed by atoms with E-state index in [1.165, 1.54) is 5.56 Å². The van der Waals surface area contributed by atoms with Gasteiger partial charge in [-0.15, -0.1) is 11.3 Å². The van der Waals surface area contributed by atoms with Gasteiger partial charge < -0.3 is 0 Å². The molecular formula is C12H12N2S. The fraction of sp³-hybridized carbons (Fsp3) is 0.0833. The van der Waals surface area contributed by atoms with Crippen molar-refractivity contribution in [3.63, 3.8) is 0 Å². The molecule has 0 fully saturated rings. The highest BCUT2D eigenvalue weighted by molar-refractivity contribution is 7.11. The molecule has 1 heterocycles. The molecule has 0 aliphatic carbocycles. The topological polar surface area (TPSA) is 24.4 Å². The molecule has 2 aromatic rings. The van der Waals surface area contributed by atoms with E-state index in [1.54, 1.807) is 11.3 Å². The molecule has 2 rings (SSSR count). The van der Waals surface area contributed by atoms with E-state index in [0.717, 1.165) is 10.6 Å². The van der Waals surface area contributed by atoms with Crippen LogP contribution >= 0.6 is 11.3 Å². The third-order valence-corrected chi connectivity index (χ3v) is 2.87. The number of hydrogen-bond donors (Lipinski definition) is 1. The molecule has 2 nitrogen and oxygen atoms in total. The number of hydrogen-bond acceptors (Lipinski definition) is 3. The van der Waals surface area contributed by atoms with E-state index in [0.29, 0.717) is 0 Å². The smallest absolute Gasteiger partial charge is 0.0644 e. The molecule has 0 atom stereocenters. The van der Waals surface area contributed by atoms with Gasteiger partial charge in [-0.05, 0) is 30.0 Å². The molecule has 0 spiro atoms. The number of anilines is 1. The highest BCUT2D eigenvalue weighted by Crippen LogP contribution is 2.13. The number of nitrogens with one attached hydrogen (secondary N) is 1. The highest BCUT2D eigenvalue weighted by atomic mass is 32.1. The van der Waals surface area contributed by atoms with E-state index in [1.807, 2.05) is 41.9 Å². The van der Waals surface area contributed by atoms with E-state index in [-0.39, 0.29) is 0 Å². The van der Waals surface area contributed by atoms with Crippen molar-refractivity contribution in [3.8, 4) is 0 Å². The summed E-state index contributed by atoms with van der Waals surface area (Å²) in [5, 5.41) is 6.22. The number of para-hydroxylation sites is 1. The summed E-state index contributed by atoms with van der Waals surface area (Å²) in [4.78, 5) is 1.15. The minimum absolute atomic E-state index is 1.05. The zero-order valence-corrected chi connectivity index (χ0v) is 9.29. The Hall–Kier alpha value is -1.61. The minimum atomic E-state index is 1.05. The van der Waals surface area contributed by atoms with Gasteiger partial charge in [0.2, 0.25) is 0 Å². The summed E-state index contributed by atoms with van der Waals surface area (Å²) in [5.41, 5.74) is 5.27. The lowest BCUT2D eigenvalue weighted by atomic mass is 10.2. The van der Waals surface area contributed by atoms with Crippen LogP contribution in [0.4, 0.5) is 5.69 Å². The summed E-state index contributed by atoms with van der Waals surface area (Å²) in [6, 6.07) is 12.1. The Morgan fingerprint density at radius 2 is 2.07 bits per heavy atom. The first kappa shape index (κ1) is 9.93. The number of thiophene rings is 1. The number of benzene rings is 1. The average molecular weight is 216 g/mol. The summed E-state index contributed by atoms with van der Waals surface area (Å²) in [7, 11) is 0. The number of rotatable bonds is 3. The van der Waals surface area contributed by atoms with Crippen molar-refractivity contribution in [1.82, 2.24) is 0 Å². The lowest BCUT2D eigenvalue weighted by Crippen LogP contribution is -1.91. The molecule has 76 valence electrons. The Bertz CT molecular complexity index is 446. The van der Waals surface area contributed by atoms with Crippen LogP contribution < -0.4 is 5.43 Å². The first-order valence-corrected chi connectivity index (χ1v) is 5.62. The Labute approximate surface area is 93.3 Å². The summed E-state index contributed by atoms with van der Waals surface area (Å²) >= 11 is 1.67. The van der Waals surface area contributed by atoms with Gasteiger partial charge in [0.25, 0.3) is 0 Å². The molecule has 0 aliphatic rings. The van der Waals surface area contributed by atoms with Crippen LogP contribution in [0.15, 0.2) is 46.9 Å². The monoisotopic (exact) mass is 216 g/mol. The SMILES string of the molecule is Cc1ccccc1N/N=C/c1cccs1. The Morgan fingerprint density at radius 1 is 1.20 bits per heavy atom. The Balaban J connectivity index is 2.02. The van der Waals surface area contributed by atoms with Crippen molar-refractivity contribution in [2.75, 3.05) is 5.43 Å². The third-order valence-electron chi connectivity index (χ3n) is 2.07. The van der Waals surface area contributed by atoms with Gasteiger partial charge in [-0.2, -0.15) is 5.10 Å². The predicted molar refractivity (Wildman–Crippen MR) is 66.7 cm³/mol. The molecule has 0 saturated carbocycles. The van der Waals surface area contributed by atoms with Gasteiger partial charge in [-0.3, -0.25) is 5.43 Å². The lowest BCUT2D eigenvalue weighted by molar-refractivity contribution is 1.31. The van der Waals surface area contributed by atoms with Crippen molar-refractivity contribution in [2.45, 2.75) is 6.92 Å². The second-order valence-corrected chi connectivity index (χ2v) is 4.18. The maximum absolute atomic E-state index is 4.18. The number of nitrogens with zero attached hydrogens (tertiary/aromatic N) is 1. The molecule has 1 aromatic carbocycles. The third kappa shape index (κ3) is 2.67. The Morgan fingerprint density at radius 3 is 2.80 bits per heavy atom. The molecule has 0 aliphatic heterocycles. The second kappa shape index (κ2) is 4.75. The second-order valence-electron chi connectivity index (χ2n) is 3.20. The van der Waals surface area contributed by atoms with Gasteiger partial charge in [0.1, 0.15) is 0 Å². The standard InChI is InChI=1S/C12H12N2S/c1-10-5-2-3-7-12(10)14-13-9-11-6-4-8-15-11/h2-9,14H,1H3/b13-9+. The lowest BCUT2D eigenvalue weighted by Gasteiger charge is -2.02. The van der Waals surface area contributed by atoms with E-state index in [4.69, 9.17) is 0 Å². The van der Waals surface area contributed by atoms with Gasteiger partial charge in [-0.1, -0.05) is 24.3 Å². The summed E-state index contributed by atoms with van der Waals surface area (Å²) in [6.45, 7) is 2.06. The summed E-state index contributed by atoms with van der Waals surface area (Å²) in [5.74, 6) is 0.